The molecule has 1 aromatic heterocycles. The molecule has 3 N–H and O–H groups in total. The third kappa shape index (κ3) is 4.79. The van der Waals surface area contributed by atoms with Crippen LogP contribution < -0.4 is 11.1 Å². The molecular formula is C15H20N2O3S2. The van der Waals surface area contributed by atoms with E-state index in [1.807, 2.05) is 12.1 Å². The van der Waals surface area contributed by atoms with Gasteiger partial charge in [0.2, 0.25) is 5.91 Å². The normalized spacial score (nSPS) is 13.2. The molecule has 5 nitrogen and oxygen atoms in total. The summed E-state index contributed by atoms with van der Waals surface area (Å²) >= 11 is 1.69. The van der Waals surface area contributed by atoms with Crippen LogP contribution in [0.15, 0.2) is 29.6 Å². The van der Waals surface area contributed by atoms with Gasteiger partial charge >= 0.3 is 0 Å². The van der Waals surface area contributed by atoms with Crippen molar-refractivity contribution >= 4 is 37.2 Å². The zero-order valence-electron chi connectivity index (χ0n) is 12.4. The average molecular weight is 340 g/mol. The van der Waals surface area contributed by atoms with Crippen molar-refractivity contribution in [1.82, 2.24) is 5.32 Å². The van der Waals surface area contributed by atoms with Gasteiger partial charge in [0.25, 0.3) is 0 Å². The van der Waals surface area contributed by atoms with Crippen LogP contribution in [0, 0.1) is 0 Å². The maximum atomic E-state index is 11.8. The summed E-state index contributed by atoms with van der Waals surface area (Å²) in [6.07, 6.45) is 2.01. The molecule has 0 spiro atoms. The number of rotatable bonds is 7. The number of benzene rings is 1. The standard InChI is InChI=1S/C15H20N2O3S2/c1-22(19,20)9-7-13(16)15(18)17-8-6-11-10-21-14-5-3-2-4-12(11)14/h2-5,10,13H,6-9,16H2,1H3,(H,17,18). The van der Waals surface area contributed by atoms with Gasteiger partial charge in [-0.15, -0.1) is 11.3 Å². The highest BCUT2D eigenvalue weighted by atomic mass is 32.2. The zero-order valence-corrected chi connectivity index (χ0v) is 14.0. The fourth-order valence-corrected chi connectivity index (χ4v) is 3.83. The highest BCUT2D eigenvalue weighted by Crippen LogP contribution is 2.25. The number of sulfone groups is 1. The van der Waals surface area contributed by atoms with Gasteiger partial charge in [-0.3, -0.25) is 4.79 Å². The van der Waals surface area contributed by atoms with E-state index < -0.39 is 15.9 Å². The van der Waals surface area contributed by atoms with Gasteiger partial charge in [-0.2, -0.15) is 0 Å². The molecule has 0 fully saturated rings. The van der Waals surface area contributed by atoms with Crippen molar-refractivity contribution in [3.63, 3.8) is 0 Å². The molecule has 1 heterocycles. The van der Waals surface area contributed by atoms with E-state index in [0.29, 0.717) is 6.54 Å². The summed E-state index contributed by atoms with van der Waals surface area (Å²) in [6, 6.07) is 7.36. The van der Waals surface area contributed by atoms with Gasteiger partial charge in [0.05, 0.1) is 11.8 Å². The molecule has 1 atom stereocenters. The van der Waals surface area contributed by atoms with E-state index in [-0.39, 0.29) is 18.1 Å². The number of carbonyl (C=O) groups is 1. The molecule has 2 aromatic rings. The molecule has 0 aliphatic carbocycles. The minimum absolute atomic E-state index is 0.0727. The van der Waals surface area contributed by atoms with E-state index in [1.165, 1.54) is 15.6 Å². The zero-order chi connectivity index (χ0) is 16.2. The lowest BCUT2D eigenvalue weighted by atomic mass is 10.1. The third-order valence-corrected chi connectivity index (χ3v) is 5.38. The Hall–Kier alpha value is -1.44. The minimum atomic E-state index is -3.09. The average Bonchev–Trinajstić information content (AvgIpc) is 2.87. The van der Waals surface area contributed by atoms with Crippen molar-refractivity contribution in [2.75, 3.05) is 18.6 Å². The van der Waals surface area contributed by atoms with Crippen LogP contribution in [-0.2, 0) is 21.1 Å². The lowest BCUT2D eigenvalue weighted by molar-refractivity contribution is -0.122. The molecule has 1 aromatic carbocycles. The van der Waals surface area contributed by atoms with E-state index in [1.54, 1.807) is 11.3 Å². The minimum Gasteiger partial charge on any atom is -0.354 e. The molecular weight excluding hydrogens is 320 g/mol. The molecule has 0 saturated carbocycles. The number of nitrogens with one attached hydrogen (secondary N) is 1. The summed E-state index contributed by atoms with van der Waals surface area (Å²) in [5.74, 6) is -0.375. The Morgan fingerprint density at radius 2 is 2.09 bits per heavy atom. The van der Waals surface area contributed by atoms with E-state index in [0.717, 1.165) is 12.7 Å². The van der Waals surface area contributed by atoms with Crippen LogP contribution in [0.5, 0.6) is 0 Å². The first-order valence-electron chi connectivity index (χ1n) is 7.03. The second-order valence-electron chi connectivity index (χ2n) is 5.32. The molecule has 0 bridgehead atoms. The lowest BCUT2D eigenvalue weighted by Gasteiger charge is -2.11. The second-order valence-corrected chi connectivity index (χ2v) is 8.49. The van der Waals surface area contributed by atoms with Crippen LogP contribution in [0.2, 0.25) is 0 Å². The number of carbonyl (C=O) groups excluding carboxylic acids is 1. The first kappa shape index (κ1) is 16.9. The number of nitrogens with two attached hydrogens (primary N) is 1. The van der Waals surface area contributed by atoms with E-state index in [4.69, 9.17) is 5.73 Å². The first-order valence-corrected chi connectivity index (χ1v) is 9.97. The Morgan fingerprint density at radius 1 is 1.36 bits per heavy atom. The second kappa shape index (κ2) is 7.21. The lowest BCUT2D eigenvalue weighted by Crippen LogP contribution is -2.42. The van der Waals surface area contributed by atoms with E-state index >= 15 is 0 Å². The highest BCUT2D eigenvalue weighted by molar-refractivity contribution is 7.90. The topological polar surface area (TPSA) is 89.3 Å². The summed E-state index contributed by atoms with van der Waals surface area (Å²) in [4.78, 5) is 11.8. The molecule has 2 rings (SSSR count). The first-order chi connectivity index (χ1) is 10.4. The van der Waals surface area contributed by atoms with Crippen LogP contribution in [0.1, 0.15) is 12.0 Å². The summed E-state index contributed by atoms with van der Waals surface area (Å²) in [7, 11) is -3.09. The Balaban J connectivity index is 1.82. The predicted molar refractivity (Wildman–Crippen MR) is 90.8 cm³/mol. The van der Waals surface area contributed by atoms with Crippen molar-refractivity contribution < 1.29 is 13.2 Å². The number of hydrogen-bond donors (Lipinski definition) is 2. The maximum absolute atomic E-state index is 11.8. The van der Waals surface area contributed by atoms with Crippen molar-refractivity contribution in [3.05, 3.63) is 35.2 Å². The van der Waals surface area contributed by atoms with Crippen LogP contribution in [-0.4, -0.2) is 38.9 Å². The predicted octanol–water partition coefficient (Wildman–Crippen LogP) is 1.32. The van der Waals surface area contributed by atoms with Gasteiger partial charge in [0.1, 0.15) is 9.84 Å². The van der Waals surface area contributed by atoms with Crippen LogP contribution >= 0.6 is 11.3 Å². The van der Waals surface area contributed by atoms with Gasteiger partial charge in [-0.05, 0) is 35.2 Å². The molecule has 0 aliphatic heterocycles. The highest BCUT2D eigenvalue weighted by Gasteiger charge is 2.15. The largest absolute Gasteiger partial charge is 0.354 e. The molecule has 120 valence electrons. The Morgan fingerprint density at radius 3 is 2.82 bits per heavy atom. The van der Waals surface area contributed by atoms with E-state index in [9.17, 15) is 13.2 Å². The quantitative estimate of drug-likeness (QED) is 0.795. The maximum Gasteiger partial charge on any atom is 0.236 e. The van der Waals surface area contributed by atoms with Gasteiger partial charge < -0.3 is 11.1 Å². The molecule has 0 saturated heterocycles. The van der Waals surface area contributed by atoms with Crippen LogP contribution in [0.25, 0.3) is 10.1 Å². The summed E-state index contributed by atoms with van der Waals surface area (Å²) in [5, 5.41) is 6.08. The summed E-state index contributed by atoms with van der Waals surface area (Å²) in [5.41, 5.74) is 6.90. The molecule has 0 radical (unpaired) electrons. The number of hydrogen-bond acceptors (Lipinski definition) is 5. The smallest absolute Gasteiger partial charge is 0.236 e. The summed E-state index contributed by atoms with van der Waals surface area (Å²) in [6.45, 7) is 0.492. The molecule has 7 heteroatoms. The summed E-state index contributed by atoms with van der Waals surface area (Å²) < 4.78 is 23.4. The number of amides is 1. The fraction of sp³-hybridized carbons (Fsp3) is 0.400. The molecule has 22 heavy (non-hydrogen) atoms. The van der Waals surface area contributed by atoms with Crippen LogP contribution in [0.4, 0.5) is 0 Å². The molecule has 0 aliphatic rings. The Bertz CT molecular complexity index is 753. The third-order valence-electron chi connectivity index (χ3n) is 3.39. The van der Waals surface area contributed by atoms with Crippen molar-refractivity contribution in [3.8, 4) is 0 Å². The Labute approximate surface area is 134 Å². The number of thiophene rings is 1. The molecule has 1 unspecified atom stereocenters. The monoisotopic (exact) mass is 340 g/mol. The fourth-order valence-electron chi connectivity index (χ4n) is 2.15. The van der Waals surface area contributed by atoms with Crippen LogP contribution in [0.3, 0.4) is 0 Å². The van der Waals surface area contributed by atoms with Gasteiger partial charge in [-0.25, -0.2) is 8.42 Å². The van der Waals surface area contributed by atoms with Crippen molar-refractivity contribution in [1.29, 1.82) is 0 Å². The van der Waals surface area contributed by atoms with E-state index in [2.05, 4.69) is 22.8 Å². The van der Waals surface area contributed by atoms with Crippen molar-refractivity contribution in [2.45, 2.75) is 18.9 Å². The Kier molecular flexibility index (Phi) is 5.55. The SMILES string of the molecule is CS(=O)(=O)CCC(N)C(=O)NCCc1csc2ccccc12. The van der Waals surface area contributed by atoms with Gasteiger partial charge in [0, 0.05) is 17.5 Å². The number of fused-ring (bicyclic) bond motifs is 1. The van der Waals surface area contributed by atoms with Gasteiger partial charge in [0.15, 0.2) is 0 Å². The van der Waals surface area contributed by atoms with Crippen molar-refractivity contribution in [2.24, 2.45) is 5.73 Å². The van der Waals surface area contributed by atoms with Gasteiger partial charge in [-0.1, -0.05) is 18.2 Å². The molecule has 1 amide bonds.